The average molecular weight is 313 g/mol. The predicted octanol–water partition coefficient (Wildman–Crippen LogP) is 2.56. The molecular formula is C14H21BrN2O. The van der Waals surface area contributed by atoms with E-state index in [0.29, 0.717) is 6.04 Å². The highest BCUT2D eigenvalue weighted by Crippen LogP contribution is 2.30. The summed E-state index contributed by atoms with van der Waals surface area (Å²) in [4.78, 5) is 2.45. The molecule has 1 aliphatic rings. The smallest absolute Gasteiger partial charge is 0.0589 e. The molecule has 0 bridgehead atoms. The van der Waals surface area contributed by atoms with Gasteiger partial charge in [-0.3, -0.25) is 4.90 Å². The standard InChI is InChI=1S/C14H21BrN2O/c1-18-10-9-17-8-2-3-13(16)14(17)11-4-6-12(15)7-5-11/h4-7,13-14H,2-3,8-10,16H2,1H3. The number of hydrogen-bond acceptors (Lipinski definition) is 3. The first kappa shape index (κ1) is 14.0. The molecule has 2 unspecified atom stereocenters. The van der Waals surface area contributed by atoms with Gasteiger partial charge < -0.3 is 10.5 Å². The lowest BCUT2D eigenvalue weighted by molar-refractivity contribution is 0.0848. The van der Waals surface area contributed by atoms with Gasteiger partial charge in [0.25, 0.3) is 0 Å². The fourth-order valence-corrected chi connectivity index (χ4v) is 2.94. The van der Waals surface area contributed by atoms with E-state index in [1.165, 1.54) is 12.0 Å². The van der Waals surface area contributed by atoms with Crippen LogP contribution in [0.1, 0.15) is 24.4 Å². The number of likely N-dealkylation sites (tertiary alicyclic amines) is 1. The number of nitrogens with two attached hydrogens (primary N) is 1. The van der Waals surface area contributed by atoms with Crippen LogP contribution in [0.3, 0.4) is 0 Å². The van der Waals surface area contributed by atoms with Gasteiger partial charge in [-0.15, -0.1) is 0 Å². The summed E-state index contributed by atoms with van der Waals surface area (Å²) >= 11 is 3.48. The first-order valence-electron chi connectivity index (χ1n) is 6.46. The van der Waals surface area contributed by atoms with E-state index in [0.717, 1.165) is 30.6 Å². The molecule has 3 nitrogen and oxygen atoms in total. The lowest BCUT2D eigenvalue weighted by Crippen LogP contribution is -2.46. The summed E-state index contributed by atoms with van der Waals surface area (Å²) in [6.07, 6.45) is 2.28. The highest BCUT2D eigenvalue weighted by molar-refractivity contribution is 9.10. The maximum absolute atomic E-state index is 6.32. The molecule has 0 spiro atoms. The molecule has 2 atom stereocenters. The Balaban J connectivity index is 2.15. The average Bonchev–Trinajstić information content (AvgIpc) is 2.38. The molecule has 2 rings (SSSR count). The summed E-state index contributed by atoms with van der Waals surface area (Å²) in [5.41, 5.74) is 7.62. The van der Waals surface area contributed by atoms with Crippen LogP contribution in [0.5, 0.6) is 0 Å². The number of rotatable bonds is 4. The van der Waals surface area contributed by atoms with Gasteiger partial charge in [0.15, 0.2) is 0 Å². The molecule has 18 heavy (non-hydrogen) atoms. The highest BCUT2D eigenvalue weighted by atomic mass is 79.9. The van der Waals surface area contributed by atoms with E-state index in [9.17, 15) is 0 Å². The summed E-state index contributed by atoms with van der Waals surface area (Å²) in [6.45, 7) is 2.82. The Kier molecular flexibility index (Phi) is 5.18. The lowest BCUT2D eigenvalue weighted by atomic mass is 9.91. The first-order valence-corrected chi connectivity index (χ1v) is 7.25. The highest BCUT2D eigenvalue weighted by Gasteiger charge is 2.29. The molecule has 100 valence electrons. The zero-order chi connectivity index (χ0) is 13.0. The number of benzene rings is 1. The van der Waals surface area contributed by atoms with E-state index in [-0.39, 0.29) is 6.04 Å². The number of halogens is 1. The molecule has 4 heteroatoms. The largest absolute Gasteiger partial charge is 0.383 e. The molecule has 2 N–H and O–H groups in total. The quantitative estimate of drug-likeness (QED) is 0.928. The van der Waals surface area contributed by atoms with E-state index in [1.54, 1.807) is 7.11 Å². The molecule has 1 aliphatic heterocycles. The van der Waals surface area contributed by atoms with Crippen molar-refractivity contribution in [3.05, 3.63) is 34.3 Å². The van der Waals surface area contributed by atoms with Crippen LogP contribution in [0.2, 0.25) is 0 Å². The predicted molar refractivity (Wildman–Crippen MR) is 77.5 cm³/mol. The fraction of sp³-hybridized carbons (Fsp3) is 0.571. The third-order valence-electron chi connectivity index (χ3n) is 3.58. The number of nitrogens with zero attached hydrogens (tertiary/aromatic N) is 1. The van der Waals surface area contributed by atoms with Crippen molar-refractivity contribution in [1.29, 1.82) is 0 Å². The Bertz CT molecular complexity index is 369. The Hall–Kier alpha value is -0.420. The Morgan fingerprint density at radius 2 is 2.11 bits per heavy atom. The zero-order valence-corrected chi connectivity index (χ0v) is 12.4. The van der Waals surface area contributed by atoms with Crippen molar-refractivity contribution >= 4 is 15.9 Å². The SMILES string of the molecule is COCCN1CCCC(N)C1c1ccc(Br)cc1. The van der Waals surface area contributed by atoms with Crippen LogP contribution in [0.15, 0.2) is 28.7 Å². The van der Waals surface area contributed by atoms with Gasteiger partial charge in [0.2, 0.25) is 0 Å². The van der Waals surface area contributed by atoms with Gasteiger partial charge in [0.05, 0.1) is 6.61 Å². The molecule has 0 aliphatic carbocycles. The topological polar surface area (TPSA) is 38.5 Å². The first-order chi connectivity index (χ1) is 8.72. The number of methoxy groups -OCH3 is 1. The normalized spacial score (nSPS) is 25.3. The molecule has 1 aromatic rings. The Morgan fingerprint density at radius 3 is 2.78 bits per heavy atom. The van der Waals surface area contributed by atoms with Gasteiger partial charge in [0.1, 0.15) is 0 Å². The molecule has 0 aromatic heterocycles. The summed E-state index contributed by atoms with van der Waals surface area (Å²) in [5, 5.41) is 0. The van der Waals surface area contributed by atoms with Crippen molar-refractivity contribution in [2.75, 3.05) is 26.8 Å². The second-order valence-corrected chi connectivity index (χ2v) is 5.75. The van der Waals surface area contributed by atoms with E-state index in [2.05, 4.69) is 45.1 Å². The van der Waals surface area contributed by atoms with Gasteiger partial charge in [-0.05, 0) is 37.1 Å². The molecular weight excluding hydrogens is 292 g/mol. The van der Waals surface area contributed by atoms with Crippen LogP contribution in [0.4, 0.5) is 0 Å². The number of hydrogen-bond donors (Lipinski definition) is 1. The molecule has 0 saturated carbocycles. The van der Waals surface area contributed by atoms with Gasteiger partial charge in [-0.2, -0.15) is 0 Å². The summed E-state index contributed by atoms with van der Waals surface area (Å²) < 4.78 is 6.30. The monoisotopic (exact) mass is 312 g/mol. The van der Waals surface area contributed by atoms with E-state index in [4.69, 9.17) is 10.5 Å². The number of ether oxygens (including phenoxy) is 1. The minimum Gasteiger partial charge on any atom is -0.383 e. The van der Waals surface area contributed by atoms with Crippen LogP contribution in [-0.2, 0) is 4.74 Å². The van der Waals surface area contributed by atoms with Crippen LogP contribution in [0, 0.1) is 0 Å². The lowest BCUT2D eigenvalue weighted by Gasteiger charge is -2.40. The van der Waals surface area contributed by atoms with Gasteiger partial charge in [0, 0.05) is 30.2 Å². The van der Waals surface area contributed by atoms with Gasteiger partial charge >= 0.3 is 0 Å². The maximum Gasteiger partial charge on any atom is 0.0589 e. The van der Waals surface area contributed by atoms with Crippen molar-refractivity contribution in [2.45, 2.75) is 24.9 Å². The van der Waals surface area contributed by atoms with Crippen LogP contribution in [0.25, 0.3) is 0 Å². The summed E-state index contributed by atoms with van der Waals surface area (Å²) in [5.74, 6) is 0. The Labute approximate surface area is 117 Å². The van der Waals surface area contributed by atoms with E-state index >= 15 is 0 Å². The minimum absolute atomic E-state index is 0.219. The molecule has 1 saturated heterocycles. The molecule has 1 heterocycles. The third-order valence-corrected chi connectivity index (χ3v) is 4.10. The van der Waals surface area contributed by atoms with Crippen molar-refractivity contribution < 1.29 is 4.74 Å². The fourth-order valence-electron chi connectivity index (χ4n) is 2.68. The van der Waals surface area contributed by atoms with Crippen molar-refractivity contribution in [3.8, 4) is 0 Å². The van der Waals surface area contributed by atoms with Crippen molar-refractivity contribution in [3.63, 3.8) is 0 Å². The Morgan fingerprint density at radius 1 is 1.39 bits per heavy atom. The van der Waals surface area contributed by atoms with Gasteiger partial charge in [-0.25, -0.2) is 0 Å². The maximum atomic E-state index is 6.32. The van der Waals surface area contributed by atoms with E-state index in [1.807, 2.05) is 0 Å². The summed E-state index contributed by atoms with van der Waals surface area (Å²) in [7, 11) is 1.75. The van der Waals surface area contributed by atoms with Crippen LogP contribution in [-0.4, -0.2) is 37.7 Å². The second kappa shape index (κ2) is 6.66. The number of piperidine rings is 1. The van der Waals surface area contributed by atoms with Gasteiger partial charge in [-0.1, -0.05) is 28.1 Å². The van der Waals surface area contributed by atoms with Crippen molar-refractivity contribution in [1.82, 2.24) is 4.90 Å². The minimum atomic E-state index is 0.219. The molecule has 1 aromatic carbocycles. The van der Waals surface area contributed by atoms with E-state index < -0.39 is 0 Å². The molecule has 0 radical (unpaired) electrons. The molecule has 1 fully saturated rings. The second-order valence-electron chi connectivity index (χ2n) is 4.83. The third kappa shape index (κ3) is 3.32. The van der Waals surface area contributed by atoms with Crippen LogP contribution < -0.4 is 5.73 Å². The zero-order valence-electron chi connectivity index (χ0n) is 10.8. The molecule has 0 amide bonds. The van der Waals surface area contributed by atoms with Crippen molar-refractivity contribution in [2.24, 2.45) is 5.73 Å². The summed E-state index contributed by atoms with van der Waals surface area (Å²) in [6, 6.07) is 9.05. The van der Waals surface area contributed by atoms with Crippen LogP contribution >= 0.6 is 15.9 Å².